The molecular weight excluding hydrogens is 220 g/mol. The Morgan fingerprint density at radius 1 is 1.44 bits per heavy atom. The summed E-state index contributed by atoms with van der Waals surface area (Å²) < 4.78 is 0. The lowest BCUT2D eigenvalue weighted by Crippen LogP contribution is -2.38. The molecule has 1 rings (SSSR count). The Morgan fingerprint density at radius 3 is 2.56 bits per heavy atom. The Bertz CT molecular complexity index is 215. The molecule has 1 fully saturated rings. The number of nitrogens with zero attached hydrogens (tertiary/aromatic N) is 1. The average molecular weight is 244 g/mol. The molecule has 0 aliphatic carbocycles. The third-order valence-electron chi connectivity index (χ3n) is 3.01. The highest BCUT2D eigenvalue weighted by Gasteiger charge is 2.18. The summed E-state index contributed by atoms with van der Waals surface area (Å²) in [6.07, 6.45) is 2.40. The molecule has 0 saturated carbocycles. The average Bonchev–Trinajstić information content (AvgIpc) is 2.28. The molecule has 1 heterocycles. The first-order chi connectivity index (χ1) is 7.65. The second-order valence-corrected chi connectivity index (χ2v) is 5.82. The normalized spacial score (nSPS) is 17.8. The fourth-order valence-corrected chi connectivity index (χ4v) is 3.18. The zero-order valence-electron chi connectivity index (χ0n) is 10.7. The van der Waals surface area contributed by atoms with Crippen molar-refractivity contribution in [2.75, 3.05) is 25.4 Å². The maximum atomic E-state index is 11.9. The number of piperidine rings is 1. The van der Waals surface area contributed by atoms with Gasteiger partial charge in [0.25, 0.3) is 0 Å². The third kappa shape index (κ3) is 4.34. The zero-order chi connectivity index (χ0) is 12.0. The summed E-state index contributed by atoms with van der Waals surface area (Å²) in [4.78, 5) is 13.9. The van der Waals surface area contributed by atoms with Crippen LogP contribution in [0.4, 0.5) is 0 Å². The minimum atomic E-state index is 0.293. The van der Waals surface area contributed by atoms with E-state index in [0.29, 0.717) is 23.0 Å². The summed E-state index contributed by atoms with van der Waals surface area (Å²) in [5, 5.41) is 4.02. The Labute approximate surface area is 103 Å². The van der Waals surface area contributed by atoms with Crippen molar-refractivity contribution in [1.82, 2.24) is 10.2 Å². The van der Waals surface area contributed by atoms with Gasteiger partial charge in [-0.05, 0) is 46.7 Å². The van der Waals surface area contributed by atoms with Crippen LogP contribution in [0.5, 0.6) is 0 Å². The van der Waals surface area contributed by atoms with Crippen LogP contribution in [0.3, 0.4) is 0 Å². The maximum Gasteiger partial charge on any atom is 0.232 e. The van der Waals surface area contributed by atoms with Crippen LogP contribution in [0.15, 0.2) is 0 Å². The van der Waals surface area contributed by atoms with E-state index in [-0.39, 0.29) is 0 Å². The molecular formula is C12H24N2OS. The van der Waals surface area contributed by atoms with Crippen LogP contribution in [-0.4, -0.2) is 47.5 Å². The highest BCUT2D eigenvalue weighted by Crippen LogP contribution is 2.20. The molecule has 0 atom stereocenters. The van der Waals surface area contributed by atoms with Gasteiger partial charge in [-0.25, -0.2) is 0 Å². The van der Waals surface area contributed by atoms with Crippen LogP contribution >= 0.6 is 11.8 Å². The number of amides is 1. The first-order valence-electron chi connectivity index (χ1n) is 6.27. The second kappa shape index (κ2) is 7.17. The van der Waals surface area contributed by atoms with Crippen LogP contribution < -0.4 is 5.32 Å². The van der Waals surface area contributed by atoms with Gasteiger partial charge in [0.15, 0.2) is 0 Å². The van der Waals surface area contributed by atoms with Crippen LogP contribution in [0.25, 0.3) is 0 Å². The monoisotopic (exact) mass is 244 g/mol. The topological polar surface area (TPSA) is 32.3 Å². The molecule has 0 aromatic carbocycles. The van der Waals surface area contributed by atoms with E-state index in [2.05, 4.69) is 19.2 Å². The molecule has 94 valence electrons. The van der Waals surface area contributed by atoms with Gasteiger partial charge in [0.05, 0.1) is 5.75 Å². The second-order valence-electron chi connectivity index (χ2n) is 4.53. The standard InChI is InChI=1S/C12H24N2OS/c1-4-14(10(2)3)12(15)9-16-11-5-7-13-8-6-11/h10-11,13H,4-9H2,1-3H3. The molecule has 1 aliphatic rings. The Kier molecular flexibility index (Phi) is 6.21. The van der Waals surface area contributed by atoms with E-state index >= 15 is 0 Å². The number of hydrogen-bond donors (Lipinski definition) is 1. The number of carbonyl (C=O) groups excluding carboxylic acids is 1. The quantitative estimate of drug-likeness (QED) is 0.799. The van der Waals surface area contributed by atoms with Gasteiger partial charge in [-0.2, -0.15) is 0 Å². The fraction of sp³-hybridized carbons (Fsp3) is 0.917. The van der Waals surface area contributed by atoms with Gasteiger partial charge in [-0.15, -0.1) is 11.8 Å². The summed E-state index contributed by atoms with van der Waals surface area (Å²) >= 11 is 1.84. The highest BCUT2D eigenvalue weighted by atomic mass is 32.2. The van der Waals surface area contributed by atoms with E-state index in [9.17, 15) is 4.79 Å². The molecule has 0 aromatic heterocycles. The number of rotatable bonds is 5. The van der Waals surface area contributed by atoms with Crippen molar-refractivity contribution in [1.29, 1.82) is 0 Å². The molecule has 16 heavy (non-hydrogen) atoms. The van der Waals surface area contributed by atoms with Gasteiger partial charge in [0.2, 0.25) is 5.91 Å². The van der Waals surface area contributed by atoms with Crippen molar-refractivity contribution >= 4 is 17.7 Å². The molecule has 3 nitrogen and oxygen atoms in total. The SMILES string of the molecule is CCN(C(=O)CSC1CCNCC1)C(C)C. The molecule has 4 heteroatoms. The molecule has 1 N–H and O–H groups in total. The summed E-state index contributed by atoms with van der Waals surface area (Å²) in [5.74, 6) is 0.942. The predicted molar refractivity (Wildman–Crippen MR) is 70.9 cm³/mol. The lowest BCUT2D eigenvalue weighted by atomic mass is 10.2. The van der Waals surface area contributed by atoms with Gasteiger partial charge in [0, 0.05) is 17.8 Å². The smallest absolute Gasteiger partial charge is 0.232 e. The van der Waals surface area contributed by atoms with E-state index in [0.717, 1.165) is 19.6 Å². The van der Waals surface area contributed by atoms with E-state index in [1.807, 2.05) is 23.6 Å². The summed E-state index contributed by atoms with van der Waals surface area (Å²) in [5.41, 5.74) is 0. The minimum absolute atomic E-state index is 0.293. The van der Waals surface area contributed by atoms with Gasteiger partial charge >= 0.3 is 0 Å². The Morgan fingerprint density at radius 2 is 2.06 bits per heavy atom. The summed E-state index contributed by atoms with van der Waals surface area (Å²) in [7, 11) is 0. The Hall–Kier alpha value is -0.220. The predicted octanol–water partition coefficient (Wildman–Crippen LogP) is 1.73. The van der Waals surface area contributed by atoms with Crippen molar-refractivity contribution < 1.29 is 4.79 Å². The largest absolute Gasteiger partial charge is 0.340 e. The van der Waals surface area contributed by atoms with E-state index in [4.69, 9.17) is 0 Å². The van der Waals surface area contributed by atoms with E-state index in [1.165, 1.54) is 12.8 Å². The van der Waals surface area contributed by atoms with Crippen molar-refractivity contribution in [2.45, 2.75) is 44.9 Å². The van der Waals surface area contributed by atoms with Crippen LogP contribution in [0.2, 0.25) is 0 Å². The molecule has 0 bridgehead atoms. The van der Waals surface area contributed by atoms with Gasteiger partial charge in [-0.1, -0.05) is 0 Å². The van der Waals surface area contributed by atoms with Gasteiger partial charge in [-0.3, -0.25) is 4.79 Å². The van der Waals surface area contributed by atoms with Gasteiger partial charge < -0.3 is 10.2 Å². The first kappa shape index (κ1) is 13.8. The molecule has 0 unspecified atom stereocenters. The number of nitrogens with one attached hydrogen (secondary N) is 1. The number of thioether (sulfide) groups is 1. The molecule has 1 amide bonds. The maximum absolute atomic E-state index is 11.9. The third-order valence-corrected chi connectivity index (χ3v) is 4.37. The van der Waals surface area contributed by atoms with Crippen molar-refractivity contribution in [3.8, 4) is 0 Å². The molecule has 0 radical (unpaired) electrons. The van der Waals surface area contributed by atoms with Gasteiger partial charge in [0.1, 0.15) is 0 Å². The van der Waals surface area contributed by atoms with E-state index < -0.39 is 0 Å². The molecule has 1 saturated heterocycles. The Balaban J connectivity index is 2.27. The van der Waals surface area contributed by atoms with Crippen molar-refractivity contribution in [2.24, 2.45) is 0 Å². The molecule has 1 aliphatic heterocycles. The molecule has 0 spiro atoms. The summed E-state index contributed by atoms with van der Waals surface area (Å²) in [6.45, 7) is 9.24. The number of hydrogen-bond acceptors (Lipinski definition) is 3. The van der Waals surface area contributed by atoms with Crippen LogP contribution in [0.1, 0.15) is 33.6 Å². The summed E-state index contributed by atoms with van der Waals surface area (Å²) in [6, 6.07) is 0.325. The molecule has 0 aromatic rings. The van der Waals surface area contributed by atoms with Crippen LogP contribution in [-0.2, 0) is 4.79 Å². The zero-order valence-corrected chi connectivity index (χ0v) is 11.5. The van der Waals surface area contributed by atoms with Crippen LogP contribution in [0, 0.1) is 0 Å². The lowest BCUT2D eigenvalue weighted by molar-refractivity contribution is -0.129. The minimum Gasteiger partial charge on any atom is -0.340 e. The lowest BCUT2D eigenvalue weighted by Gasteiger charge is -2.27. The van der Waals surface area contributed by atoms with E-state index in [1.54, 1.807) is 0 Å². The highest BCUT2D eigenvalue weighted by molar-refractivity contribution is 8.00. The first-order valence-corrected chi connectivity index (χ1v) is 7.31. The van der Waals surface area contributed by atoms with Crippen molar-refractivity contribution in [3.05, 3.63) is 0 Å². The number of carbonyl (C=O) groups is 1. The fourth-order valence-electron chi connectivity index (χ4n) is 2.06. The van der Waals surface area contributed by atoms with Crippen molar-refractivity contribution in [3.63, 3.8) is 0 Å².